The number of likely N-dealkylation sites (tertiary alicyclic amines) is 1. The second-order valence-electron chi connectivity index (χ2n) is 8.12. The van der Waals surface area contributed by atoms with Crippen LogP contribution in [0.1, 0.15) is 63.5 Å². The first-order valence-corrected chi connectivity index (χ1v) is 11.1. The molecule has 0 aliphatic carbocycles. The number of rotatable bonds is 7. The van der Waals surface area contributed by atoms with Gasteiger partial charge in [-0.15, -0.1) is 12.4 Å². The first kappa shape index (κ1) is 33.2. The fourth-order valence-electron chi connectivity index (χ4n) is 4.31. The van der Waals surface area contributed by atoms with Crippen LogP contribution < -0.4 is 39.7 Å². The van der Waals surface area contributed by atoms with Gasteiger partial charge in [-0.2, -0.15) is 15.0 Å². The molecule has 4 rings (SSSR count). The summed E-state index contributed by atoms with van der Waals surface area (Å²) < 4.78 is 0. The first-order valence-electron chi connectivity index (χ1n) is 11.1. The lowest BCUT2D eigenvalue weighted by molar-refractivity contribution is -0.127. The minimum atomic E-state index is 0. The van der Waals surface area contributed by atoms with Gasteiger partial charge in [0.05, 0.1) is 0 Å². The third kappa shape index (κ3) is 9.05. The molecular weight excluding hydrogens is 446 g/mol. The standard InChI is InChI=1S/C20H33N7O.ClH.4H3N.4H2/c28-17-9-7-15-25(17)16-8-10-21-18-22-19(26-11-3-1-4-12-26)24-20(23-18)27-13-5-2-6-14-27;;;;;;;;;/h1-16H2,(H,21,22,23,24);1H;4*1H3;4*1H. The number of amides is 1. The normalized spacial score (nSPS) is 17.6. The number of aromatic nitrogens is 3. The van der Waals surface area contributed by atoms with Crippen LogP contribution in [0.15, 0.2) is 0 Å². The maximum Gasteiger partial charge on any atom is 0.231 e. The Morgan fingerprint density at radius 3 is 1.70 bits per heavy atom. The summed E-state index contributed by atoms with van der Waals surface area (Å²) in [5, 5.41) is 3.39. The van der Waals surface area contributed by atoms with E-state index in [1.807, 2.05) is 4.90 Å². The van der Waals surface area contributed by atoms with Crippen molar-refractivity contribution in [3.8, 4) is 0 Å². The molecule has 0 bridgehead atoms. The zero-order valence-corrected chi connectivity index (χ0v) is 21.0. The Morgan fingerprint density at radius 1 is 0.727 bits per heavy atom. The summed E-state index contributed by atoms with van der Waals surface area (Å²) in [7, 11) is 0. The smallest absolute Gasteiger partial charge is 0.231 e. The maximum absolute atomic E-state index is 11.7. The molecule has 33 heavy (non-hydrogen) atoms. The molecule has 0 aromatic carbocycles. The monoisotopic (exact) mass is 499 g/mol. The van der Waals surface area contributed by atoms with E-state index in [2.05, 4.69) is 15.1 Å². The highest BCUT2D eigenvalue weighted by molar-refractivity contribution is 5.85. The van der Waals surface area contributed by atoms with Crippen LogP contribution >= 0.6 is 12.4 Å². The van der Waals surface area contributed by atoms with E-state index in [0.717, 1.165) is 70.6 Å². The number of carbonyl (C=O) groups is 1. The summed E-state index contributed by atoms with van der Waals surface area (Å²) in [6, 6.07) is 0. The maximum atomic E-state index is 11.7. The molecule has 3 saturated heterocycles. The van der Waals surface area contributed by atoms with Crippen molar-refractivity contribution in [2.75, 3.05) is 60.9 Å². The van der Waals surface area contributed by atoms with Gasteiger partial charge in [0.25, 0.3) is 0 Å². The van der Waals surface area contributed by atoms with Gasteiger partial charge in [0.1, 0.15) is 0 Å². The molecule has 0 radical (unpaired) electrons. The van der Waals surface area contributed by atoms with Crippen molar-refractivity contribution in [1.82, 2.24) is 44.5 Å². The lowest BCUT2D eigenvalue weighted by Gasteiger charge is -2.30. The molecule has 0 spiro atoms. The van der Waals surface area contributed by atoms with Crippen LogP contribution in [-0.2, 0) is 4.79 Å². The second-order valence-corrected chi connectivity index (χ2v) is 8.12. The fourth-order valence-corrected chi connectivity index (χ4v) is 4.31. The van der Waals surface area contributed by atoms with E-state index in [1.54, 1.807) is 0 Å². The number of nitrogens with zero attached hydrogens (tertiary/aromatic N) is 6. The summed E-state index contributed by atoms with van der Waals surface area (Å²) in [5.74, 6) is 2.59. The van der Waals surface area contributed by atoms with Crippen LogP contribution in [-0.4, -0.2) is 71.6 Å². The van der Waals surface area contributed by atoms with Crippen molar-refractivity contribution in [3.05, 3.63) is 0 Å². The van der Waals surface area contributed by atoms with Crippen LogP contribution in [0.25, 0.3) is 0 Å². The zero-order chi connectivity index (χ0) is 19.2. The van der Waals surface area contributed by atoms with Crippen LogP contribution in [0.4, 0.5) is 17.8 Å². The predicted molar refractivity (Wildman–Crippen MR) is 147 cm³/mol. The first-order chi connectivity index (χ1) is 13.8. The predicted octanol–water partition coefficient (Wildman–Crippen LogP) is 4.33. The molecule has 3 fully saturated rings. The highest BCUT2D eigenvalue weighted by Gasteiger charge is 2.21. The molecule has 202 valence electrons. The second kappa shape index (κ2) is 16.6. The van der Waals surface area contributed by atoms with E-state index in [9.17, 15) is 4.79 Å². The van der Waals surface area contributed by atoms with Gasteiger partial charge in [0, 0.05) is 57.9 Å². The summed E-state index contributed by atoms with van der Waals surface area (Å²) in [6.07, 6.45) is 10.0. The third-order valence-electron chi connectivity index (χ3n) is 5.95. The van der Waals surface area contributed by atoms with E-state index in [1.165, 1.54) is 38.5 Å². The molecule has 1 aromatic heterocycles. The van der Waals surface area contributed by atoms with Crippen LogP contribution in [0.2, 0.25) is 0 Å². The number of hydrogen-bond donors (Lipinski definition) is 5. The van der Waals surface area contributed by atoms with Crippen molar-refractivity contribution in [1.29, 1.82) is 0 Å². The molecule has 0 saturated carbocycles. The molecule has 4 heterocycles. The summed E-state index contributed by atoms with van der Waals surface area (Å²) in [5.41, 5.74) is 0. The lowest BCUT2D eigenvalue weighted by Crippen LogP contribution is -2.34. The molecule has 3 aliphatic heterocycles. The average molecular weight is 500 g/mol. The molecule has 1 amide bonds. The fraction of sp³-hybridized carbons (Fsp3) is 0.800. The topological polar surface area (TPSA) is 217 Å². The van der Waals surface area contributed by atoms with Gasteiger partial charge in [-0.25, -0.2) is 0 Å². The van der Waals surface area contributed by atoms with E-state index in [4.69, 9.17) is 15.0 Å². The Labute approximate surface area is 210 Å². The van der Waals surface area contributed by atoms with Crippen molar-refractivity contribution in [2.45, 2.75) is 57.8 Å². The number of carbonyl (C=O) groups excluding carboxylic acids is 1. The van der Waals surface area contributed by atoms with Crippen LogP contribution in [0.5, 0.6) is 0 Å². The van der Waals surface area contributed by atoms with Gasteiger partial charge < -0.3 is 44.6 Å². The van der Waals surface area contributed by atoms with Crippen LogP contribution in [0.3, 0.4) is 0 Å². The Bertz CT molecular complexity index is 651. The van der Waals surface area contributed by atoms with Crippen molar-refractivity contribution in [3.63, 3.8) is 0 Å². The van der Waals surface area contributed by atoms with Gasteiger partial charge in [0.2, 0.25) is 23.8 Å². The van der Waals surface area contributed by atoms with Gasteiger partial charge in [-0.1, -0.05) is 0 Å². The molecule has 1 aromatic rings. The molecule has 13 N–H and O–H groups in total. The molecule has 13 heteroatoms. The molecule has 3 aliphatic rings. The highest BCUT2D eigenvalue weighted by Crippen LogP contribution is 2.22. The average Bonchev–Trinajstić information content (AvgIpc) is 3.17. The minimum absolute atomic E-state index is 0. The van der Waals surface area contributed by atoms with Crippen LogP contribution in [0, 0.1) is 0 Å². The number of halogens is 1. The van der Waals surface area contributed by atoms with Gasteiger partial charge >= 0.3 is 0 Å². The van der Waals surface area contributed by atoms with E-state index in [0.29, 0.717) is 18.3 Å². The Balaban J connectivity index is -0.000000267. The Kier molecular flexibility index (Phi) is 16.7. The van der Waals surface area contributed by atoms with E-state index >= 15 is 0 Å². The molecule has 0 atom stereocenters. The van der Waals surface area contributed by atoms with Crippen molar-refractivity contribution < 1.29 is 10.5 Å². The lowest BCUT2D eigenvalue weighted by atomic mass is 10.1. The molecular formula is C20H54ClN11O. The SMILES string of the molecule is Cl.N.N.N.N.O=C1CCCN1CCCNc1nc(N2CCCCC2)nc(N2CCCCC2)n1.[HH].[HH].[HH].[HH]. The quantitative estimate of drug-likeness (QED) is 0.332. The van der Waals surface area contributed by atoms with E-state index < -0.39 is 0 Å². The van der Waals surface area contributed by atoms with Crippen molar-refractivity contribution >= 4 is 36.2 Å². The van der Waals surface area contributed by atoms with Gasteiger partial charge in [-0.05, 0) is 51.4 Å². The summed E-state index contributed by atoms with van der Waals surface area (Å²) in [4.78, 5) is 32.6. The van der Waals surface area contributed by atoms with Gasteiger partial charge in [-0.3, -0.25) is 4.79 Å². The van der Waals surface area contributed by atoms with Gasteiger partial charge in [0.15, 0.2) is 0 Å². The summed E-state index contributed by atoms with van der Waals surface area (Å²) in [6.45, 7) is 6.60. The zero-order valence-electron chi connectivity index (χ0n) is 20.1. The number of hydrogen-bond acceptors (Lipinski definition) is 11. The number of anilines is 3. The highest BCUT2D eigenvalue weighted by atomic mass is 35.5. The van der Waals surface area contributed by atoms with E-state index in [-0.39, 0.29) is 42.7 Å². The minimum Gasteiger partial charge on any atom is -0.354 e. The number of nitrogens with one attached hydrogen (secondary N) is 1. The third-order valence-corrected chi connectivity index (χ3v) is 5.95. The van der Waals surface area contributed by atoms with Crippen molar-refractivity contribution in [2.24, 2.45) is 0 Å². The Hall–Kier alpha value is -1.99. The Morgan fingerprint density at radius 2 is 1.24 bits per heavy atom. The molecule has 0 unspecified atom stereocenters. The summed E-state index contributed by atoms with van der Waals surface area (Å²) >= 11 is 0. The molecule has 12 nitrogen and oxygen atoms in total. The number of piperidine rings is 2. The largest absolute Gasteiger partial charge is 0.354 e.